The number of aryl methyl sites for hydroxylation is 1. The van der Waals surface area contributed by atoms with E-state index in [1.807, 2.05) is 61.5 Å². The summed E-state index contributed by atoms with van der Waals surface area (Å²) in [6.07, 6.45) is -0.928. The molecule has 0 bridgehead atoms. The van der Waals surface area contributed by atoms with Crippen molar-refractivity contribution in [1.29, 1.82) is 0 Å². The highest BCUT2D eigenvalue weighted by Crippen LogP contribution is 2.30. The molecule has 1 heterocycles. The molecule has 0 aromatic heterocycles. The van der Waals surface area contributed by atoms with E-state index in [0.717, 1.165) is 28.1 Å². The van der Waals surface area contributed by atoms with Crippen LogP contribution in [0.25, 0.3) is 0 Å². The standard InChI is InChI=1S/C24H20Cl2N4OS/c1-14-8-10-17(13-19(14)26)27-24(32)29-22-23(31)30(2)20-11-9-16(25)12-18(20)21(28-22)15-6-4-3-5-7-15/h3-13,22H,1-2H3,(H2,27,29,32). The molecule has 1 aliphatic rings. The Bertz CT molecular complexity index is 1230. The second-order valence-corrected chi connectivity index (χ2v) is 8.62. The fraction of sp³-hybridized carbons (Fsp3) is 0.125. The van der Waals surface area contributed by atoms with Crippen molar-refractivity contribution in [2.75, 3.05) is 17.3 Å². The van der Waals surface area contributed by atoms with Crippen molar-refractivity contribution in [3.8, 4) is 0 Å². The second-order valence-electron chi connectivity index (χ2n) is 7.37. The molecule has 4 rings (SSSR count). The van der Waals surface area contributed by atoms with Crippen molar-refractivity contribution in [3.05, 3.63) is 93.5 Å². The molecule has 1 aliphatic heterocycles. The van der Waals surface area contributed by atoms with E-state index in [1.165, 1.54) is 0 Å². The maximum absolute atomic E-state index is 13.3. The van der Waals surface area contributed by atoms with Crippen LogP contribution in [0.3, 0.4) is 0 Å². The van der Waals surface area contributed by atoms with Crippen LogP contribution in [-0.4, -0.2) is 29.9 Å². The number of benzodiazepines with no additional fused rings is 1. The maximum Gasteiger partial charge on any atom is 0.272 e. The molecule has 3 aromatic carbocycles. The monoisotopic (exact) mass is 482 g/mol. The normalized spacial score (nSPS) is 15.5. The zero-order valence-electron chi connectivity index (χ0n) is 17.4. The minimum Gasteiger partial charge on any atom is -0.333 e. The highest BCUT2D eigenvalue weighted by Gasteiger charge is 2.30. The Labute approximate surface area is 202 Å². The number of fused-ring (bicyclic) bond motifs is 1. The molecule has 2 N–H and O–H groups in total. The first-order chi connectivity index (χ1) is 15.3. The van der Waals surface area contributed by atoms with Gasteiger partial charge in [-0.25, -0.2) is 4.99 Å². The van der Waals surface area contributed by atoms with Crippen molar-refractivity contribution in [2.45, 2.75) is 13.1 Å². The number of nitrogens with one attached hydrogen (secondary N) is 2. The summed E-state index contributed by atoms with van der Waals surface area (Å²) in [5.74, 6) is -0.245. The van der Waals surface area contributed by atoms with Gasteiger partial charge in [0.1, 0.15) is 0 Å². The van der Waals surface area contributed by atoms with E-state index in [1.54, 1.807) is 24.1 Å². The Morgan fingerprint density at radius 2 is 1.81 bits per heavy atom. The lowest BCUT2D eigenvalue weighted by molar-refractivity contribution is -0.119. The molecule has 1 unspecified atom stereocenters. The third-order valence-corrected chi connectivity index (χ3v) is 6.00. The maximum atomic E-state index is 13.3. The van der Waals surface area contributed by atoms with Crippen LogP contribution in [0.1, 0.15) is 16.7 Å². The molecule has 0 saturated carbocycles. The van der Waals surface area contributed by atoms with E-state index in [9.17, 15) is 4.79 Å². The molecule has 0 radical (unpaired) electrons. The van der Waals surface area contributed by atoms with Crippen LogP contribution in [0, 0.1) is 6.92 Å². The number of likely N-dealkylation sites (N-methyl/N-ethyl adjacent to an activating group) is 1. The predicted octanol–water partition coefficient (Wildman–Crippen LogP) is 5.43. The number of carbonyl (C=O) groups excluding carboxylic acids is 1. The summed E-state index contributed by atoms with van der Waals surface area (Å²) in [5, 5.41) is 7.56. The van der Waals surface area contributed by atoms with Gasteiger partial charge in [0.05, 0.1) is 11.4 Å². The number of anilines is 2. The van der Waals surface area contributed by atoms with Crippen LogP contribution < -0.4 is 15.5 Å². The van der Waals surface area contributed by atoms with Crippen molar-refractivity contribution >= 4 is 63.5 Å². The van der Waals surface area contributed by atoms with Gasteiger partial charge in [-0.15, -0.1) is 0 Å². The van der Waals surface area contributed by atoms with Gasteiger partial charge in [-0.05, 0) is 55.0 Å². The molecule has 0 spiro atoms. The number of amides is 1. The Hall–Kier alpha value is -2.93. The van der Waals surface area contributed by atoms with E-state index in [0.29, 0.717) is 15.8 Å². The Balaban J connectivity index is 1.70. The molecule has 162 valence electrons. The lowest BCUT2D eigenvalue weighted by atomic mass is 10.0. The molecule has 1 amide bonds. The van der Waals surface area contributed by atoms with Crippen molar-refractivity contribution in [2.24, 2.45) is 4.99 Å². The molecule has 0 fully saturated rings. The molecular formula is C24H20Cl2N4OS. The van der Waals surface area contributed by atoms with Gasteiger partial charge in [-0.1, -0.05) is 59.6 Å². The van der Waals surface area contributed by atoms with Gasteiger partial charge in [0.2, 0.25) is 6.17 Å². The van der Waals surface area contributed by atoms with Gasteiger partial charge in [0, 0.05) is 33.9 Å². The largest absolute Gasteiger partial charge is 0.333 e. The molecule has 0 aliphatic carbocycles. The van der Waals surface area contributed by atoms with Crippen LogP contribution in [-0.2, 0) is 4.79 Å². The molecule has 3 aromatic rings. The number of rotatable bonds is 3. The van der Waals surface area contributed by atoms with E-state index < -0.39 is 6.17 Å². The van der Waals surface area contributed by atoms with Gasteiger partial charge >= 0.3 is 0 Å². The van der Waals surface area contributed by atoms with E-state index in [4.69, 9.17) is 40.4 Å². The Morgan fingerprint density at radius 1 is 1.06 bits per heavy atom. The fourth-order valence-corrected chi connectivity index (χ4v) is 4.01. The van der Waals surface area contributed by atoms with Crippen LogP contribution in [0.15, 0.2) is 71.7 Å². The molecule has 32 heavy (non-hydrogen) atoms. The van der Waals surface area contributed by atoms with Crippen LogP contribution >= 0.6 is 35.4 Å². The minimum atomic E-state index is -0.928. The van der Waals surface area contributed by atoms with E-state index in [2.05, 4.69) is 10.6 Å². The highest BCUT2D eigenvalue weighted by molar-refractivity contribution is 7.80. The first-order valence-electron chi connectivity index (χ1n) is 9.88. The van der Waals surface area contributed by atoms with Crippen LogP contribution in [0.5, 0.6) is 0 Å². The Kier molecular flexibility index (Phi) is 6.46. The average Bonchev–Trinajstić information content (AvgIpc) is 2.87. The zero-order chi connectivity index (χ0) is 22.8. The summed E-state index contributed by atoms with van der Waals surface area (Å²) in [5.41, 5.74) is 4.69. The number of nitrogens with zero attached hydrogens (tertiary/aromatic N) is 2. The number of hydrogen-bond donors (Lipinski definition) is 2. The lowest BCUT2D eigenvalue weighted by Crippen LogP contribution is -2.47. The minimum absolute atomic E-state index is 0.245. The van der Waals surface area contributed by atoms with E-state index in [-0.39, 0.29) is 11.0 Å². The van der Waals surface area contributed by atoms with Crippen molar-refractivity contribution in [1.82, 2.24) is 5.32 Å². The fourth-order valence-electron chi connectivity index (χ4n) is 3.43. The molecular weight excluding hydrogens is 463 g/mol. The van der Waals surface area contributed by atoms with Gasteiger partial charge < -0.3 is 15.5 Å². The summed E-state index contributed by atoms with van der Waals surface area (Å²) < 4.78 is 0. The van der Waals surface area contributed by atoms with Crippen molar-refractivity contribution in [3.63, 3.8) is 0 Å². The SMILES string of the molecule is Cc1ccc(NC(=S)NC2N=C(c3ccccc3)c3cc(Cl)ccc3N(C)C2=O)cc1Cl. The Morgan fingerprint density at radius 3 is 2.53 bits per heavy atom. The number of thiocarbonyl (C=S) groups is 1. The van der Waals surface area contributed by atoms with Crippen LogP contribution in [0.2, 0.25) is 10.0 Å². The third kappa shape index (κ3) is 4.63. The average molecular weight is 483 g/mol. The van der Waals surface area contributed by atoms with Gasteiger partial charge in [0.15, 0.2) is 5.11 Å². The number of benzene rings is 3. The first-order valence-corrected chi connectivity index (χ1v) is 11.0. The number of halogens is 2. The van der Waals surface area contributed by atoms with Crippen LogP contribution in [0.4, 0.5) is 11.4 Å². The van der Waals surface area contributed by atoms with Gasteiger partial charge in [-0.2, -0.15) is 0 Å². The smallest absolute Gasteiger partial charge is 0.272 e. The van der Waals surface area contributed by atoms with E-state index >= 15 is 0 Å². The molecule has 8 heteroatoms. The second kappa shape index (κ2) is 9.28. The number of carbonyl (C=O) groups is 1. The topological polar surface area (TPSA) is 56.7 Å². The van der Waals surface area contributed by atoms with Gasteiger partial charge in [0.25, 0.3) is 5.91 Å². The lowest BCUT2D eigenvalue weighted by Gasteiger charge is -2.22. The summed E-state index contributed by atoms with van der Waals surface area (Å²) in [4.78, 5) is 19.6. The number of hydrogen-bond acceptors (Lipinski definition) is 3. The predicted molar refractivity (Wildman–Crippen MR) is 136 cm³/mol. The summed E-state index contributed by atoms with van der Waals surface area (Å²) in [6.45, 7) is 1.92. The first kappa shape index (κ1) is 22.3. The highest BCUT2D eigenvalue weighted by atomic mass is 35.5. The molecule has 0 saturated heterocycles. The van der Waals surface area contributed by atoms with Gasteiger partial charge in [-0.3, -0.25) is 4.79 Å². The zero-order valence-corrected chi connectivity index (χ0v) is 19.7. The molecule has 5 nitrogen and oxygen atoms in total. The third-order valence-electron chi connectivity index (χ3n) is 5.14. The quantitative estimate of drug-likeness (QED) is 0.488. The number of aliphatic imine (C=N–C) groups is 1. The summed E-state index contributed by atoms with van der Waals surface area (Å²) in [7, 11) is 1.71. The van der Waals surface area contributed by atoms with Crippen molar-refractivity contribution < 1.29 is 4.79 Å². The summed E-state index contributed by atoms with van der Waals surface area (Å²) >= 11 is 18.0. The molecule has 1 atom stereocenters. The summed E-state index contributed by atoms with van der Waals surface area (Å²) in [6, 6.07) is 20.6.